The number of aliphatic hydroxyl groups is 2. The molecule has 4 unspecified atom stereocenters. The number of hydrogen-bond acceptors (Lipinski definition) is 4. The summed E-state index contributed by atoms with van der Waals surface area (Å²) in [6, 6.07) is 0. The van der Waals surface area contributed by atoms with E-state index in [1.165, 1.54) is 6.92 Å². The minimum absolute atomic E-state index is 0.0223. The third-order valence-corrected chi connectivity index (χ3v) is 9.23. The number of hydrogen-bond donors (Lipinski definition) is 2. The van der Waals surface area contributed by atoms with Crippen LogP contribution in [0.25, 0.3) is 0 Å². The van der Waals surface area contributed by atoms with Gasteiger partial charge in [-0.05, 0) is 74.5 Å². The molecule has 0 radical (unpaired) electrons. The van der Waals surface area contributed by atoms with Crippen LogP contribution in [0.15, 0.2) is 0 Å². The molecular formula is C21H32O4. The van der Waals surface area contributed by atoms with E-state index >= 15 is 0 Å². The first-order chi connectivity index (χ1) is 11.6. The van der Waals surface area contributed by atoms with Crippen molar-refractivity contribution in [2.45, 2.75) is 83.8 Å². The number of carbonyl (C=O) groups excluding carboxylic acids is 2. The van der Waals surface area contributed by atoms with Crippen molar-refractivity contribution in [3.8, 4) is 0 Å². The molecule has 140 valence electrons. The fraction of sp³-hybridized carbons (Fsp3) is 0.905. The second-order valence-electron chi connectivity index (χ2n) is 9.95. The zero-order chi connectivity index (χ0) is 18.2. The van der Waals surface area contributed by atoms with Crippen molar-refractivity contribution in [2.24, 2.45) is 34.5 Å². The predicted molar refractivity (Wildman–Crippen MR) is 93.8 cm³/mol. The van der Waals surface area contributed by atoms with Gasteiger partial charge in [0.2, 0.25) is 0 Å². The van der Waals surface area contributed by atoms with Gasteiger partial charge < -0.3 is 10.2 Å². The van der Waals surface area contributed by atoms with E-state index in [2.05, 4.69) is 13.8 Å². The van der Waals surface area contributed by atoms with Crippen LogP contribution in [0.2, 0.25) is 0 Å². The Balaban J connectivity index is 1.69. The van der Waals surface area contributed by atoms with Gasteiger partial charge in [0.15, 0.2) is 5.78 Å². The minimum Gasteiger partial charge on any atom is -0.393 e. The molecule has 0 aromatic rings. The van der Waals surface area contributed by atoms with Crippen LogP contribution in [-0.4, -0.2) is 33.5 Å². The fourth-order valence-electron chi connectivity index (χ4n) is 7.68. The Morgan fingerprint density at radius 2 is 1.76 bits per heavy atom. The second-order valence-corrected chi connectivity index (χ2v) is 9.95. The van der Waals surface area contributed by atoms with Crippen molar-refractivity contribution >= 4 is 11.6 Å². The first-order valence-electron chi connectivity index (χ1n) is 10.1. The summed E-state index contributed by atoms with van der Waals surface area (Å²) in [6.45, 7) is 5.92. The lowest BCUT2D eigenvalue weighted by Crippen LogP contribution is -2.60. The minimum atomic E-state index is -1.20. The van der Waals surface area contributed by atoms with Crippen LogP contribution in [0.5, 0.6) is 0 Å². The Morgan fingerprint density at radius 1 is 1.08 bits per heavy atom. The number of ketones is 2. The molecule has 8 atom stereocenters. The van der Waals surface area contributed by atoms with Gasteiger partial charge in [-0.25, -0.2) is 0 Å². The lowest BCUT2D eigenvalue weighted by Gasteiger charge is -2.61. The summed E-state index contributed by atoms with van der Waals surface area (Å²) in [5.41, 5.74) is -1.55. The Hall–Kier alpha value is -0.740. The van der Waals surface area contributed by atoms with E-state index in [1.54, 1.807) is 0 Å². The summed E-state index contributed by atoms with van der Waals surface area (Å²) in [5.74, 6) is 1.45. The Labute approximate surface area is 150 Å². The summed E-state index contributed by atoms with van der Waals surface area (Å²) >= 11 is 0. The van der Waals surface area contributed by atoms with E-state index in [4.69, 9.17) is 0 Å². The topological polar surface area (TPSA) is 74.6 Å². The fourth-order valence-corrected chi connectivity index (χ4v) is 7.68. The maximum atomic E-state index is 12.2. The van der Waals surface area contributed by atoms with Gasteiger partial charge in [0.1, 0.15) is 11.4 Å². The first-order valence-corrected chi connectivity index (χ1v) is 10.1. The molecule has 25 heavy (non-hydrogen) atoms. The number of carbonyl (C=O) groups is 2. The summed E-state index contributed by atoms with van der Waals surface area (Å²) in [4.78, 5) is 24.2. The third-order valence-electron chi connectivity index (χ3n) is 9.23. The van der Waals surface area contributed by atoms with Crippen molar-refractivity contribution in [3.05, 3.63) is 0 Å². The van der Waals surface area contributed by atoms with Gasteiger partial charge in [0.25, 0.3) is 0 Å². The van der Waals surface area contributed by atoms with Crippen LogP contribution >= 0.6 is 0 Å². The van der Waals surface area contributed by atoms with Gasteiger partial charge in [-0.3, -0.25) is 9.59 Å². The molecule has 0 spiro atoms. The highest BCUT2D eigenvalue weighted by Crippen LogP contribution is 2.68. The molecule has 0 aromatic carbocycles. The molecule has 4 fully saturated rings. The number of aliphatic hydroxyl groups excluding tert-OH is 1. The van der Waals surface area contributed by atoms with Crippen molar-refractivity contribution < 1.29 is 19.8 Å². The molecule has 4 aliphatic carbocycles. The molecule has 4 nitrogen and oxygen atoms in total. The van der Waals surface area contributed by atoms with Crippen LogP contribution in [0, 0.1) is 34.5 Å². The normalized spacial score (nSPS) is 55.2. The Kier molecular flexibility index (Phi) is 3.81. The van der Waals surface area contributed by atoms with Crippen LogP contribution < -0.4 is 0 Å². The van der Waals surface area contributed by atoms with E-state index < -0.39 is 11.7 Å². The Morgan fingerprint density at radius 3 is 2.44 bits per heavy atom. The number of Topliss-reactive ketones (excluding diaryl/α,β-unsaturated/α-hetero) is 2. The highest BCUT2D eigenvalue weighted by Gasteiger charge is 2.67. The first kappa shape index (κ1) is 17.7. The highest BCUT2D eigenvalue weighted by atomic mass is 16.3. The van der Waals surface area contributed by atoms with Gasteiger partial charge >= 0.3 is 0 Å². The predicted octanol–water partition coefficient (Wildman–Crippen LogP) is 2.89. The van der Waals surface area contributed by atoms with Crippen molar-refractivity contribution in [3.63, 3.8) is 0 Å². The van der Waals surface area contributed by atoms with E-state index in [-0.39, 0.29) is 22.5 Å². The van der Waals surface area contributed by atoms with E-state index in [9.17, 15) is 19.8 Å². The third kappa shape index (κ3) is 2.13. The smallest absolute Gasteiger partial charge is 0.161 e. The van der Waals surface area contributed by atoms with Gasteiger partial charge in [-0.2, -0.15) is 0 Å². The average Bonchev–Trinajstić information content (AvgIpc) is 2.83. The molecule has 0 saturated heterocycles. The molecule has 0 aromatic heterocycles. The standard InChI is InChI=1S/C21H32O4/c1-12(22)21(25)9-6-16-14-11-18(24)17-10-13(23)4-7-19(17,2)15(14)5-8-20(16,21)3/h14-18,24-25H,4-11H2,1-3H3/t14?,15?,16?,17?,18-,19+,20-,21-/m0/s1. The molecule has 2 N–H and O–H groups in total. The average molecular weight is 348 g/mol. The molecule has 4 heteroatoms. The lowest BCUT2D eigenvalue weighted by atomic mass is 9.43. The van der Waals surface area contributed by atoms with Crippen molar-refractivity contribution in [1.82, 2.24) is 0 Å². The van der Waals surface area contributed by atoms with Crippen LogP contribution in [0.1, 0.15) is 72.1 Å². The number of rotatable bonds is 1. The van der Waals surface area contributed by atoms with Crippen LogP contribution in [-0.2, 0) is 9.59 Å². The van der Waals surface area contributed by atoms with E-state index in [0.717, 1.165) is 32.1 Å². The molecule has 0 heterocycles. The molecule has 4 rings (SSSR count). The second kappa shape index (κ2) is 5.39. The SMILES string of the molecule is CC(=O)[C@@]1(O)CCC2C3C[C@H](O)C4CC(=O)CC[C@]4(C)C3CC[C@@]21C. The summed E-state index contributed by atoms with van der Waals surface area (Å²) in [7, 11) is 0. The Bertz CT molecular complexity index is 615. The molecule has 0 aliphatic heterocycles. The van der Waals surface area contributed by atoms with Gasteiger partial charge in [-0.15, -0.1) is 0 Å². The zero-order valence-corrected chi connectivity index (χ0v) is 15.8. The molecule has 0 amide bonds. The van der Waals surface area contributed by atoms with Crippen LogP contribution in [0.4, 0.5) is 0 Å². The van der Waals surface area contributed by atoms with Crippen LogP contribution in [0.3, 0.4) is 0 Å². The van der Waals surface area contributed by atoms with Crippen molar-refractivity contribution in [1.29, 1.82) is 0 Å². The van der Waals surface area contributed by atoms with Gasteiger partial charge in [0, 0.05) is 18.3 Å². The lowest BCUT2D eigenvalue weighted by molar-refractivity contribution is -0.184. The maximum Gasteiger partial charge on any atom is 0.161 e. The highest BCUT2D eigenvalue weighted by molar-refractivity contribution is 5.86. The number of fused-ring (bicyclic) bond motifs is 5. The van der Waals surface area contributed by atoms with Gasteiger partial charge in [0.05, 0.1) is 6.10 Å². The molecule has 4 saturated carbocycles. The summed E-state index contributed by atoms with van der Waals surface area (Å²) < 4.78 is 0. The largest absolute Gasteiger partial charge is 0.393 e. The molecular weight excluding hydrogens is 316 g/mol. The molecule has 4 aliphatic rings. The zero-order valence-electron chi connectivity index (χ0n) is 15.8. The molecule has 0 bridgehead atoms. The van der Waals surface area contributed by atoms with Gasteiger partial charge in [-0.1, -0.05) is 13.8 Å². The summed E-state index contributed by atoms with van der Waals surface area (Å²) in [5, 5.41) is 22.0. The summed E-state index contributed by atoms with van der Waals surface area (Å²) in [6.07, 6.45) is 5.66. The van der Waals surface area contributed by atoms with Crippen molar-refractivity contribution in [2.75, 3.05) is 0 Å². The van der Waals surface area contributed by atoms with E-state index in [0.29, 0.717) is 42.8 Å². The monoisotopic (exact) mass is 348 g/mol. The quantitative estimate of drug-likeness (QED) is 0.764. The van der Waals surface area contributed by atoms with E-state index in [1.807, 2.05) is 0 Å². The maximum absolute atomic E-state index is 12.2.